The van der Waals surface area contributed by atoms with Gasteiger partial charge in [-0.25, -0.2) is 0 Å². The minimum atomic E-state index is 0.249. The highest BCUT2D eigenvalue weighted by atomic mass is 32.2. The van der Waals surface area contributed by atoms with Crippen LogP contribution in [0.15, 0.2) is 0 Å². The Morgan fingerprint density at radius 3 is 2.69 bits per heavy atom. The molecule has 1 fully saturated rings. The second-order valence-electron chi connectivity index (χ2n) is 6.18. The third kappa shape index (κ3) is 6.12. The lowest BCUT2D eigenvalue weighted by Crippen LogP contribution is -2.44. The van der Waals surface area contributed by atoms with E-state index >= 15 is 0 Å². The fraction of sp³-hybridized carbons (Fsp3) is 1.00. The molecular weight excluding hydrogens is 216 g/mol. The van der Waals surface area contributed by atoms with Crippen molar-refractivity contribution < 1.29 is 0 Å². The van der Waals surface area contributed by atoms with Gasteiger partial charge in [0.25, 0.3) is 0 Å². The van der Waals surface area contributed by atoms with Crippen LogP contribution in [-0.4, -0.2) is 47.6 Å². The van der Waals surface area contributed by atoms with E-state index < -0.39 is 0 Å². The second kappa shape index (κ2) is 6.27. The molecule has 2 nitrogen and oxygen atoms in total. The van der Waals surface area contributed by atoms with Crippen molar-refractivity contribution in [1.29, 1.82) is 0 Å². The van der Waals surface area contributed by atoms with Crippen molar-refractivity contribution in [3.63, 3.8) is 0 Å². The van der Waals surface area contributed by atoms with E-state index in [1.807, 2.05) is 0 Å². The Morgan fingerprint density at radius 1 is 1.44 bits per heavy atom. The van der Waals surface area contributed by atoms with E-state index in [1.165, 1.54) is 25.4 Å². The molecule has 16 heavy (non-hydrogen) atoms. The molecule has 1 N–H and O–H groups in total. The Bertz CT molecular complexity index is 201. The van der Waals surface area contributed by atoms with Crippen LogP contribution < -0.4 is 5.32 Å². The van der Waals surface area contributed by atoms with E-state index in [4.69, 9.17) is 0 Å². The van der Waals surface area contributed by atoms with Gasteiger partial charge in [0.2, 0.25) is 0 Å². The fourth-order valence-electron chi connectivity index (χ4n) is 2.04. The summed E-state index contributed by atoms with van der Waals surface area (Å²) in [6.45, 7) is 16.3. The molecule has 0 aromatic heterocycles. The molecule has 1 aliphatic heterocycles. The van der Waals surface area contributed by atoms with Gasteiger partial charge in [-0.05, 0) is 33.2 Å². The summed E-state index contributed by atoms with van der Waals surface area (Å²) in [6.07, 6.45) is 0. The van der Waals surface area contributed by atoms with Gasteiger partial charge in [-0.3, -0.25) is 0 Å². The number of hydrogen-bond donors (Lipinski definition) is 1. The van der Waals surface area contributed by atoms with E-state index in [-0.39, 0.29) is 5.54 Å². The smallest absolute Gasteiger partial charge is 0.0147 e. The monoisotopic (exact) mass is 244 g/mol. The van der Waals surface area contributed by atoms with Crippen LogP contribution in [0.2, 0.25) is 0 Å². The van der Waals surface area contributed by atoms with Gasteiger partial charge in [0.1, 0.15) is 0 Å². The van der Waals surface area contributed by atoms with Crippen molar-refractivity contribution in [2.75, 3.05) is 31.9 Å². The molecule has 0 spiro atoms. The van der Waals surface area contributed by atoms with E-state index in [0.717, 1.165) is 17.7 Å². The van der Waals surface area contributed by atoms with Crippen LogP contribution in [0.25, 0.3) is 0 Å². The number of nitrogens with one attached hydrogen (secondary N) is 1. The zero-order valence-corrected chi connectivity index (χ0v) is 12.4. The first-order valence-electron chi connectivity index (χ1n) is 6.46. The lowest BCUT2D eigenvalue weighted by molar-refractivity contribution is 0.236. The molecule has 0 saturated carbocycles. The summed E-state index contributed by atoms with van der Waals surface area (Å²) in [4.78, 5) is 2.62. The predicted octanol–water partition coefficient (Wildman–Crippen LogP) is 2.45. The number of nitrogens with zero attached hydrogens (tertiary/aromatic N) is 1. The number of rotatable bonds is 4. The Kier molecular flexibility index (Phi) is 5.62. The molecule has 2 atom stereocenters. The minimum absolute atomic E-state index is 0.249. The van der Waals surface area contributed by atoms with E-state index in [9.17, 15) is 0 Å². The Morgan fingerprint density at radius 2 is 2.12 bits per heavy atom. The molecule has 0 bridgehead atoms. The third-order valence-corrected chi connectivity index (χ3v) is 4.01. The lowest BCUT2D eigenvalue weighted by Gasteiger charge is -2.33. The highest BCUT2D eigenvalue weighted by molar-refractivity contribution is 7.99. The van der Waals surface area contributed by atoms with Gasteiger partial charge in [0.15, 0.2) is 0 Å². The molecule has 0 amide bonds. The molecule has 1 heterocycles. The molecule has 96 valence electrons. The molecule has 0 aromatic rings. The SMILES string of the molecule is CC(CNC(C)(C)C)CN1CCSC(C)C1. The van der Waals surface area contributed by atoms with Gasteiger partial charge in [-0.1, -0.05) is 13.8 Å². The summed E-state index contributed by atoms with van der Waals surface area (Å²) in [5.41, 5.74) is 0.249. The third-order valence-electron chi connectivity index (χ3n) is 2.88. The molecule has 0 aliphatic carbocycles. The molecular formula is C13H28N2S. The van der Waals surface area contributed by atoms with Gasteiger partial charge in [0, 0.05) is 36.2 Å². The van der Waals surface area contributed by atoms with Gasteiger partial charge < -0.3 is 10.2 Å². The average molecular weight is 244 g/mol. The molecule has 0 radical (unpaired) electrons. The maximum atomic E-state index is 3.59. The highest BCUT2D eigenvalue weighted by Crippen LogP contribution is 2.18. The summed E-state index contributed by atoms with van der Waals surface area (Å²) in [6, 6.07) is 0. The summed E-state index contributed by atoms with van der Waals surface area (Å²) >= 11 is 2.11. The van der Waals surface area contributed by atoms with E-state index in [2.05, 4.69) is 56.6 Å². The molecule has 0 aromatic carbocycles. The summed E-state index contributed by atoms with van der Waals surface area (Å²) in [5.74, 6) is 2.05. The first kappa shape index (κ1) is 14.3. The number of hydrogen-bond acceptors (Lipinski definition) is 3. The quantitative estimate of drug-likeness (QED) is 0.818. The van der Waals surface area contributed by atoms with Crippen LogP contribution in [0.5, 0.6) is 0 Å². The van der Waals surface area contributed by atoms with E-state index in [1.54, 1.807) is 0 Å². The van der Waals surface area contributed by atoms with Gasteiger partial charge in [-0.15, -0.1) is 0 Å². The predicted molar refractivity (Wildman–Crippen MR) is 75.3 cm³/mol. The maximum absolute atomic E-state index is 3.59. The maximum Gasteiger partial charge on any atom is 0.0147 e. The lowest BCUT2D eigenvalue weighted by atomic mass is 10.1. The Labute approximate surface area is 106 Å². The van der Waals surface area contributed by atoms with Crippen molar-refractivity contribution in [2.45, 2.75) is 45.4 Å². The highest BCUT2D eigenvalue weighted by Gasteiger charge is 2.19. The van der Waals surface area contributed by atoms with Crippen molar-refractivity contribution in [2.24, 2.45) is 5.92 Å². The first-order chi connectivity index (χ1) is 7.37. The minimum Gasteiger partial charge on any atom is -0.312 e. The first-order valence-corrected chi connectivity index (χ1v) is 7.50. The van der Waals surface area contributed by atoms with Crippen LogP contribution in [0.1, 0.15) is 34.6 Å². The number of thioether (sulfide) groups is 1. The zero-order chi connectivity index (χ0) is 12.2. The Hall–Kier alpha value is 0.270. The van der Waals surface area contributed by atoms with Crippen LogP contribution in [-0.2, 0) is 0 Å². The summed E-state index contributed by atoms with van der Waals surface area (Å²) < 4.78 is 0. The standard InChI is InChI=1S/C13H28N2S/c1-11(8-14-13(3,4)5)9-15-6-7-16-12(2)10-15/h11-12,14H,6-10H2,1-5H3. The van der Waals surface area contributed by atoms with Crippen LogP contribution in [0.4, 0.5) is 0 Å². The average Bonchev–Trinajstić information content (AvgIpc) is 2.14. The van der Waals surface area contributed by atoms with Crippen molar-refractivity contribution >= 4 is 11.8 Å². The van der Waals surface area contributed by atoms with Gasteiger partial charge in [0.05, 0.1) is 0 Å². The van der Waals surface area contributed by atoms with Crippen LogP contribution >= 0.6 is 11.8 Å². The topological polar surface area (TPSA) is 15.3 Å². The van der Waals surface area contributed by atoms with Gasteiger partial charge >= 0.3 is 0 Å². The molecule has 1 aliphatic rings. The molecule has 2 unspecified atom stereocenters. The van der Waals surface area contributed by atoms with Crippen molar-refractivity contribution in [3.05, 3.63) is 0 Å². The van der Waals surface area contributed by atoms with Gasteiger partial charge in [-0.2, -0.15) is 11.8 Å². The Balaban J connectivity index is 2.20. The molecule has 1 rings (SSSR count). The van der Waals surface area contributed by atoms with Crippen LogP contribution in [0, 0.1) is 5.92 Å². The second-order valence-corrected chi connectivity index (χ2v) is 7.72. The van der Waals surface area contributed by atoms with Crippen molar-refractivity contribution in [3.8, 4) is 0 Å². The fourth-order valence-corrected chi connectivity index (χ4v) is 3.12. The largest absolute Gasteiger partial charge is 0.312 e. The van der Waals surface area contributed by atoms with E-state index in [0.29, 0.717) is 0 Å². The summed E-state index contributed by atoms with van der Waals surface area (Å²) in [5, 5.41) is 4.41. The van der Waals surface area contributed by atoms with Crippen LogP contribution in [0.3, 0.4) is 0 Å². The van der Waals surface area contributed by atoms with Crippen molar-refractivity contribution in [1.82, 2.24) is 10.2 Å². The normalized spacial score (nSPS) is 25.7. The summed E-state index contributed by atoms with van der Waals surface area (Å²) in [7, 11) is 0. The molecule has 1 saturated heterocycles. The zero-order valence-electron chi connectivity index (χ0n) is 11.5. The molecule has 3 heteroatoms.